The average molecular weight is 317 g/mol. The first kappa shape index (κ1) is 16.8. The van der Waals surface area contributed by atoms with Crippen molar-refractivity contribution in [1.29, 1.82) is 0 Å². The maximum atomic E-state index is 6.05. The fraction of sp³-hybridized carbons (Fsp3) is 0.700. The van der Waals surface area contributed by atoms with Gasteiger partial charge in [-0.2, -0.15) is 0 Å². The Bertz CT molecular complexity index is 530. The highest BCUT2D eigenvalue weighted by atomic mass is 16.5. The Morgan fingerprint density at radius 1 is 1.22 bits per heavy atom. The van der Waals surface area contributed by atoms with Crippen molar-refractivity contribution in [2.75, 3.05) is 33.4 Å². The molecule has 23 heavy (non-hydrogen) atoms. The Kier molecular flexibility index (Phi) is 5.27. The topological polar surface area (TPSA) is 21.7 Å². The molecule has 3 nitrogen and oxygen atoms in total. The van der Waals surface area contributed by atoms with Crippen LogP contribution in [0.2, 0.25) is 0 Å². The van der Waals surface area contributed by atoms with Crippen LogP contribution in [0.25, 0.3) is 0 Å². The van der Waals surface area contributed by atoms with E-state index in [0.29, 0.717) is 11.5 Å². The van der Waals surface area contributed by atoms with E-state index in [1.807, 2.05) is 7.11 Å². The molecule has 0 amide bonds. The van der Waals surface area contributed by atoms with Gasteiger partial charge in [0.15, 0.2) is 0 Å². The highest BCUT2D eigenvalue weighted by Gasteiger charge is 2.45. The largest absolute Gasteiger partial charge is 0.492 e. The first-order valence-corrected chi connectivity index (χ1v) is 9.09. The summed E-state index contributed by atoms with van der Waals surface area (Å²) in [7, 11) is 1.89. The molecule has 2 fully saturated rings. The molecule has 0 unspecified atom stereocenters. The minimum Gasteiger partial charge on any atom is -0.492 e. The number of benzene rings is 1. The smallest absolute Gasteiger partial charge is 0.122 e. The van der Waals surface area contributed by atoms with Crippen molar-refractivity contribution >= 4 is 0 Å². The number of aryl methyl sites for hydroxylation is 1. The molecule has 0 N–H and O–H groups in total. The molecule has 1 aliphatic carbocycles. The molecule has 2 aliphatic rings. The monoisotopic (exact) mass is 317 g/mol. The van der Waals surface area contributed by atoms with Crippen molar-refractivity contribution in [3.8, 4) is 5.75 Å². The van der Waals surface area contributed by atoms with Gasteiger partial charge in [0.1, 0.15) is 12.4 Å². The number of ether oxygens (including phenoxy) is 2. The van der Waals surface area contributed by atoms with E-state index in [2.05, 4.69) is 36.9 Å². The lowest BCUT2D eigenvalue weighted by Crippen LogP contribution is -2.48. The van der Waals surface area contributed by atoms with Crippen LogP contribution in [-0.2, 0) is 4.74 Å². The molecular formula is C20H31NO2. The summed E-state index contributed by atoms with van der Waals surface area (Å²) in [5.41, 5.74) is 2.97. The second-order valence-electron chi connectivity index (χ2n) is 7.41. The molecule has 1 spiro atoms. The van der Waals surface area contributed by atoms with Crippen LogP contribution in [0.1, 0.15) is 43.2 Å². The number of likely N-dealkylation sites (tertiary alicyclic amines) is 1. The van der Waals surface area contributed by atoms with Gasteiger partial charge in [-0.3, -0.25) is 4.90 Å². The lowest BCUT2D eigenvalue weighted by molar-refractivity contribution is -0.0366. The van der Waals surface area contributed by atoms with Crippen molar-refractivity contribution in [2.45, 2.75) is 52.1 Å². The summed E-state index contributed by atoms with van der Waals surface area (Å²) >= 11 is 0. The predicted octanol–water partition coefficient (Wildman–Crippen LogP) is 3.96. The molecule has 2 atom stereocenters. The molecule has 128 valence electrons. The summed E-state index contributed by atoms with van der Waals surface area (Å²) < 4.78 is 11.8. The third kappa shape index (κ3) is 3.56. The zero-order valence-electron chi connectivity index (χ0n) is 14.9. The zero-order chi connectivity index (χ0) is 16.3. The van der Waals surface area contributed by atoms with Crippen LogP contribution < -0.4 is 4.74 Å². The van der Waals surface area contributed by atoms with E-state index < -0.39 is 0 Å². The number of hydrogen-bond acceptors (Lipinski definition) is 3. The molecule has 0 aromatic heterocycles. The molecule has 0 radical (unpaired) electrons. The van der Waals surface area contributed by atoms with Crippen LogP contribution >= 0.6 is 0 Å². The number of piperidine rings is 1. The molecule has 1 heterocycles. The summed E-state index contributed by atoms with van der Waals surface area (Å²) in [6, 6.07) is 6.30. The molecule has 1 saturated carbocycles. The van der Waals surface area contributed by atoms with Crippen LogP contribution in [0.3, 0.4) is 0 Å². The Morgan fingerprint density at radius 2 is 2.04 bits per heavy atom. The maximum absolute atomic E-state index is 6.05. The first-order chi connectivity index (χ1) is 11.1. The highest BCUT2D eigenvalue weighted by molar-refractivity contribution is 5.38. The Hall–Kier alpha value is -1.06. The van der Waals surface area contributed by atoms with E-state index >= 15 is 0 Å². The normalized spacial score (nSPS) is 28.4. The van der Waals surface area contributed by atoms with Crippen molar-refractivity contribution < 1.29 is 9.47 Å². The number of rotatable bonds is 5. The summed E-state index contributed by atoms with van der Waals surface area (Å²) in [5.74, 6) is 1.03. The van der Waals surface area contributed by atoms with Gasteiger partial charge < -0.3 is 9.47 Å². The van der Waals surface area contributed by atoms with Gasteiger partial charge in [0.25, 0.3) is 0 Å². The number of methoxy groups -OCH3 is 1. The van der Waals surface area contributed by atoms with Gasteiger partial charge in [-0.05, 0) is 63.3 Å². The third-order valence-electron chi connectivity index (χ3n) is 6.02. The van der Waals surface area contributed by atoms with Gasteiger partial charge in [0, 0.05) is 25.6 Å². The minimum absolute atomic E-state index is 0.409. The van der Waals surface area contributed by atoms with E-state index in [-0.39, 0.29) is 0 Å². The van der Waals surface area contributed by atoms with Crippen molar-refractivity contribution in [2.24, 2.45) is 5.41 Å². The highest BCUT2D eigenvalue weighted by Crippen LogP contribution is 2.46. The minimum atomic E-state index is 0.409. The molecule has 1 aromatic carbocycles. The molecule has 1 aromatic rings. The SMILES string of the molecule is CO[C@@H]1CCC[C@]12CCCN(CCOc1cccc(C)c1C)C2. The van der Waals surface area contributed by atoms with Gasteiger partial charge in [0.2, 0.25) is 0 Å². The van der Waals surface area contributed by atoms with E-state index in [1.54, 1.807) is 0 Å². The molecule has 1 aliphatic heterocycles. The summed E-state index contributed by atoms with van der Waals surface area (Å²) in [6.07, 6.45) is 6.99. The Labute approximate surface area is 141 Å². The van der Waals surface area contributed by atoms with Crippen LogP contribution in [0.15, 0.2) is 18.2 Å². The summed E-state index contributed by atoms with van der Waals surface area (Å²) in [4.78, 5) is 2.59. The van der Waals surface area contributed by atoms with E-state index in [0.717, 1.165) is 18.9 Å². The van der Waals surface area contributed by atoms with Crippen LogP contribution in [-0.4, -0.2) is 44.4 Å². The Morgan fingerprint density at radius 3 is 2.87 bits per heavy atom. The van der Waals surface area contributed by atoms with Gasteiger partial charge >= 0.3 is 0 Å². The third-order valence-corrected chi connectivity index (χ3v) is 6.02. The maximum Gasteiger partial charge on any atom is 0.122 e. The predicted molar refractivity (Wildman–Crippen MR) is 94.2 cm³/mol. The number of nitrogens with zero attached hydrogens (tertiary/aromatic N) is 1. The van der Waals surface area contributed by atoms with E-state index in [4.69, 9.17) is 9.47 Å². The molecule has 3 rings (SSSR count). The van der Waals surface area contributed by atoms with Crippen LogP contribution in [0, 0.1) is 19.3 Å². The van der Waals surface area contributed by atoms with Gasteiger partial charge in [-0.1, -0.05) is 18.6 Å². The van der Waals surface area contributed by atoms with Gasteiger partial charge in [0.05, 0.1) is 6.10 Å². The summed E-state index contributed by atoms with van der Waals surface area (Å²) in [6.45, 7) is 8.46. The van der Waals surface area contributed by atoms with Gasteiger partial charge in [-0.25, -0.2) is 0 Å². The van der Waals surface area contributed by atoms with E-state index in [9.17, 15) is 0 Å². The van der Waals surface area contributed by atoms with Crippen molar-refractivity contribution in [3.63, 3.8) is 0 Å². The first-order valence-electron chi connectivity index (χ1n) is 9.09. The second-order valence-corrected chi connectivity index (χ2v) is 7.41. The summed E-state index contributed by atoms with van der Waals surface area (Å²) in [5, 5.41) is 0. The van der Waals surface area contributed by atoms with Crippen molar-refractivity contribution in [3.05, 3.63) is 29.3 Å². The molecule has 0 bridgehead atoms. The molecule has 3 heteroatoms. The fourth-order valence-corrected chi connectivity index (χ4v) is 4.56. The standard InChI is InChI=1S/C20H31NO2/c1-16-7-4-8-18(17(16)2)23-14-13-21-12-6-11-20(15-21)10-5-9-19(20)22-3/h4,7-8,19H,5-6,9-15H2,1-3H3/t19-,20-/m1/s1. The average Bonchev–Trinajstić information content (AvgIpc) is 2.93. The Balaban J connectivity index is 1.53. The van der Waals surface area contributed by atoms with Gasteiger partial charge in [-0.15, -0.1) is 0 Å². The molecule has 1 saturated heterocycles. The lowest BCUT2D eigenvalue weighted by Gasteiger charge is -2.43. The lowest BCUT2D eigenvalue weighted by atomic mass is 9.76. The fourth-order valence-electron chi connectivity index (χ4n) is 4.56. The number of hydrogen-bond donors (Lipinski definition) is 0. The second kappa shape index (κ2) is 7.23. The van der Waals surface area contributed by atoms with Crippen molar-refractivity contribution in [1.82, 2.24) is 4.90 Å². The van der Waals surface area contributed by atoms with E-state index in [1.165, 1.54) is 56.3 Å². The molecular weight excluding hydrogens is 286 g/mol. The van der Waals surface area contributed by atoms with Crippen LogP contribution in [0.5, 0.6) is 5.75 Å². The van der Waals surface area contributed by atoms with Crippen LogP contribution in [0.4, 0.5) is 0 Å². The zero-order valence-corrected chi connectivity index (χ0v) is 14.9. The quantitative estimate of drug-likeness (QED) is 0.820.